The fourth-order valence-electron chi connectivity index (χ4n) is 2.91. The molecule has 5 nitrogen and oxygen atoms in total. The molecule has 130 valence electrons. The van der Waals surface area contributed by atoms with Crippen molar-refractivity contribution in [3.8, 4) is 17.1 Å². The Bertz CT molecular complexity index is 1190. The number of sulfone groups is 1. The second-order valence-electron chi connectivity index (χ2n) is 6.25. The standard InChI is InChI=1S/C20H17N3O2S/c1-14-5-9-16(10-6-14)23-18-4-3-13-21-19(18)22-20(23)15-7-11-17(12-8-15)26(2,24)25/h3-13H,1-2H3. The molecule has 0 atom stereocenters. The lowest BCUT2D eigenvalue weighted by Crippen LogP contribution is -1.99. The summed E-state index contributed by atoms with van der Waals surface area (Å²) in [5.74, 6) is 0.725. The fourth-order valence-corrected chi connectivity index (χ4v) is 3.54. The Kier molecular flexibility index (Phi) is 3.85. The maximum absolute atomic E-state index is 11.7. The van der Waals surface area contributed by atoms with Crippen molar-refractivity contribution in [3.63, 3.8) is 0 Å². The van der Waals surface area contributed by atoms with Gasteiger partial charge in [-0.15, -0.1) is 0 Å². The van der Waals surface area contributed by atoms with Gasteiger partial charge < -0.3 is 0 Å². The monoisotopic (exact) mass is 363 g/mol. The molecule has 2 aromatic carbocycles. The van der Waals surface area contributed by atoms with E-state index in [9.17, 15) is 8.42 Å². The zero-order chi connectivity index (χ0) is 18.3. The Labute approximate surface area is 151 Å². The maximum atomic E-state index is 11.7. The van der Waals surface area contributed by atoms with Crippen LogP contribution in [-0.2, 0) is 9.84 Å². The number of hydrogen-bond donors (Lipinski definition) is 0. The zero-order valence-electron chi connectivity index (χ0n) is 14.4. The number of imidazole rings is 1. The van der Waals surface area contributed by atoms with Gasteiger partial charge in [-0.1, -0.05) is 17.7 Å². The van der Waals surface area contributed by atoms with Gasteiger partial charge in [-0.2, -0.15) is 0 Å². The van der Waals surface area contributed by atoms with Gasteiger partial charge in [0.2, 0.25) is 0 Å². The number of nitrogens with zero attached hydrogens (tertiary/aromatic N) is 3. The summed E-state index contributed by atoms with van der Waals surface area (Å²) >= 11 is 0. The molecule has 4 aromatic rings. The van der Waals surface area contributed by atoms with Crippen molar-refractivity contribution < 1.29 is 8.42 Å². The molecular weight excluding hydrogens is 346 g/mol. The maximum Gasteiger partial charge on any atom is 0.178 e. The summed E-state index contributed by atoms with van der Waals surface area (Å²) in [6, 6.07) is 18.8. The molecule has 0 bridgehead atoms. The number of pyridine rings is 1. The summed E-state index contributed by atoms with van der Waals surface area (Å²) in [4.78, 5) is 9.33. The molecule has 0 radical (unpaired) electrons. The molecule has 0 saturated heterocycles. The SMILES string of the molecule is Cc1ccc(-n2c(-c3ccc(S(C)(=O)=O)cc3)nc3ncccc32)cc1. The topological polar surface area (TPSA) is 64.8 Å². The lowest BCUT2D eigenvalue weighted by molar-refractivity contribution is 0.602. The van der Waals surface area contributed by atoms with Crippen molar-refractivity contribution in [1.29, 1.82) is 0 Å². The van der Waals surface area contributed by atoms with E-state index < -0.39 is 9.84 Å². The van der Waals surface area contributed by atoms with Gasteiger partial charge in [0.15, 0.2) is 15.5 Å². The van der Waals surface area contributed by atoms with Gasteiger partial charge in [0, 0.05) is 23.7 Å². The first-order valence-corrected chi connectivity index (χ1v) is 10.0. The highest BCUT2D eigenvalue weighted by molar-refractivity contribution is 7.90. The molecule has 0 saturated carbocycles. The minimum Gasteiger partial charge on any atom is -0.291 e. The van der Waals surface area contributed by atoms with Crippen LogP contribution < -0.4 is 0 Å². The third kappa shape index (κ3) is 2.88. The Hall–Kier alpha value is -2.99. The molecule has 2 aromatic heterocycles. The quantitative estimate of drug-likeness (QED) is 0.555. The molecule has 2 heterocycles. The molecule has 0 aliphatic heterocycles. The first-order valence-electron chi connectivity index (χ1n) is 8.14. The predicted molar refractivity (Wildman–Crippen MR) is 102 cm³/mol. The number of benzene rings is 2. The van der Waals surface area contributed by atoms with E-state index in [-0.39, 0.29) is 4.90 Å². The molecule has 0 spiro atoms. The third-order valence-electron chi connectivity index (χ3n) is 4.26. The molecule has 0 N–H and O–H groups in total. The first kappa shape index (κ1) is 16.5. The molecular formula is C20H17N3O2S. The predicted octanol–water partition coefficient (Wildman–Crippen LogP) is 3.80. The average molecular weight is 363 g/mol. The van der Waals surface area contributed by atoms with E-state index in [2.05, 4.69) is 9.97 Å². The van der Waals surface area contributed by atoms with Crippen LogP contribution in [0.5, 0.6) is 0 Å². The van der Waals surface area contributed by atoms with E-state index in [0.717, 1.165) is 22.6 Å². The lowest BCUT2D eigenvalue weighted by Gasteiger charge is -2.10. The Morgan fingerprint density at radius 2 is 1.62 bits per heavy atom. The van der Waals surface area contributed by atoms with Crippen LogP contribution in [0.4, 0.5) is 0 Å². The summed E-state index contributed by atoms with van der Waals surface area (Å²) in [5.41, 5.74) is 4.54. The van der Waals surface area contributed by atoms with Crippen LogP contribution in [0.2, 0.25) is 0 Å². The third-order valence-corrected chi connectivity index (χ3v) is 5.39. The highest BCUT2D eigenvalue weighted by atomic mass is 32.2. The van der Waals surface area contributed by atoms with Crippen LogP contribution >= 0.6 is 0 Å². The lowest BCUT2D eigenvalue weighted by atomic mass is 10.2. The van der Waals surface area contributed by atoms with Gasteiger partial charge in [0.05, 0.1) is 10.4 Å². The Morgan fingerprint density at radius 1 is 0.923 bits per heavy atom. The van der Waals surface area contributed by atoms with Crippen LogP contribution in [0, 0.1) is 6.92 Å². The molecule has 0 unspecified atom stereocenters. The minimum atomic E-state index is -3.23. The summed E-state index contributed by atoms with van der Waals surface area (Å²) < 4.78 is 25.5. The Morgan fingerprint density at radius 3 is 2.27 bits per heavy atom. The minimum absolute atomic E-state index is 0.289. The second-order valence-corrected chi connectivity index (χ2v) is 8.26. The van der Waals surface area contributed by atoms with Gasteiger partial charge in [0.25, 0.3) is 0 Å². The van der Waals surface area contributed by atoms with Crippen molar-refractivity contribution in [2.45, 2.75) is 11.8 Å². The van der Waals surface area contributed by atoms with Gasteiger partial charge in [-0.05, 0) is 55.5 Å². The van der Waals surface area contributed by atoms with Crippen molar-refractivity contribution in [2.75, 3.05) is 6.26 Å². The number of hydrogen-bond acceptors (Lipinski definition) is 4. The van der Waals surface area contributed by atoms with Crippen molar-refractivity contribution in [2.24, 2.45) is 0 Å². The molecule has 0 amide bonds. The largest absolute Gasteiger partial charge is 0.291 e. The van der Waals surface area contributed by atoms with Gasteiger partial charge in [0.1, 0.15) is 5.82 Å². The van der Waals surface area contributed by atoms with E-state index in [1.807, 2.05) is 47.9 Å². The highest BCUT2D eigenvalue weighted by Crippen LogP contribution is 2.28. The van der Waals surface area contributed by atoms with Crippen LogP contribution in [0.1, 0.15) is 5.56 Å². The highest BCUT2D eigenvalue weighted by Gasteiger charge is 2.15. The van der Waals surface area contributed by atoms with Gasteiger partial charge in [-0.25, -0.2) is 18.4 Å². The fraction of sp³-hybridized carbons (Fsp3) is 0.100. The molecule has 0 aliphatic rings. The summed E-state index contributed by atoms with van der Waals surface area (Å²) in [5, 5.41) is 0. The van der Waals surface area contributed by atoms with E-state index >= 15 is 0 Å². The molecule has 4 rings (SSSR count). The van der Waals surface area contributed by atoms with Crippen molar-refractivity contribution in [3.05, 3.63) is 72.4 Å². The van der Waals surface area contributed by atoms with Crippen molar-refractivity contribution >= 4 is 21.0 Å². The van der Waals surface area contributed by atoms with E-state index in [1.165, 1.54) is 11.8 Å². The number of aryl methyl sites for hydroxylation is 1. The van der Waals surface area contributed by atoms with E-state index in [0.29, 0.717) is 5.65 Å². The zero-order valence-corrected chi connectivity index (χ0v) is 15.2. The van der Waals surface area contributed by atoms with Crippen LogP contribution in [-0.4, -0.2) is 29.2 Å². The summed E-state index contributed by atoms with van der Waals surface area (Å²) in [6.45, 7) is 2.04. The average Bonchev–Trinajstić information content (AvgIpc) is 3.01. The molecule has 26 heavy (non-hydrogen) atoms. The van der Waals surface area contributed by atoms with E-state index in [1.54, 1.807) is 30.5 Å². The summed E-state index contributed by atoms with van der Waals surface area (Å²) in [7, 11) is -3.23. The molecule has 6 heteroatoms. The van der Waals surface area contributed by atoms with E-state index in [4.69, 9.17) is 0 Å². The first-order chi connectivity index (χ1) is 12.4. The summed E-state index contributed by atoms with van der Waals surface area (Å²) in [6.07, 6.45) is 2.92. The second kappa shape index (κ2) is 6.07. The molecule has 0 aliphatic carbocycles. The van der Waals surface area contributed by atoms with Gasteiger partial charge >= 0.3 is 0 Å². The van der Waals surface area contributed by atoms with Crippen LogP contribution in [0.3, 0.4) is 0 Å². The molecule has 0 fully saturated rings. The van der Waals surface area contributed by atoms with Gasteiger partial charge in [-0.3, -0.25) is 4.57 Å². The van der Waals surface area contributed by atoms with Crippen molar-refractivity contribution in [1.82, 2.24) is 14.5 Å². The number of aromatic nitrogens is 3. The number of fused-ring (bicyclic) bond motifs is 1. The normalized spacial score (nSPS) is 11.8. The smallest absolute Gasteiger partial charge is 0.178 e. The number of rotatable bonds is 3. The van der Waals surface area contributed by atoms with Crippen LogP contribution in [0.25, 0.3) is 28.2 Å². The van der Waals surface area contributed by atoms with Crippen LogP contribution in [0.15, 0.2) is 71.8 Å². The Balaban J connectivity index is 1.95.